The zero-order valence-corrected chi connectivity index (χ0v) is 17.3. The van der Waals surface area contributed by atoms with E-state index in [0.717, 1.165) is 30.8 Å². The Morgan fingerprint density at radius 2 is 1.90 bits per heavy atom. The molecule has 0 aromatic heterocycles. The molecule has 1 saturated heterocycles. The predicted octanol–water partition coefficient (Wildman–Crippen LogP) is 3.42. The Bertz CT molecular complexity index is 1050. The van der Waals surface area contributed by atoms with E-state index in [0.29, 0.717) is 23.7 Å². The van der Waals surface area contributed by atoms with Gasteiger partial charge in [-0.1, -0.05) is 37.3 Å². The fourth-order valence-corrected chi connectivity index (χ4v) is 4.44. The van der Waals surface area contributed by atoms with Gasteiger partial charge >= 0.3 is 0 Å². The first kappa shape index (κ1) is 20.9. The lowest BCUT2D eigenvalue weighted by Crippen LogP contribution is -2.45. The van der Waals surface area contributed by atoms with Gasteiger partial charge in [0.2, 0.25) is 5.91 Å². The molecule has 0 N–H and O–H groups in total. The Labute approximate surface area is 180 Å². The van der Waals surface area contributed by atoms with Gasteiger partial charge in [-0.15, -0.1) is 0 Å². The van der Waals surface area contributed by atoms with Gasteiger partial charge in [0.15, 0.2) is 0 Å². The highest BCUT2D eigenvalue weighted by Crippen LogP contribution is 2.36. The first-order valence-corrected chi connectivity index (χ1v) is 10.5. The lowest BCUT2D eigenvalue weighted by molar-refractivity contribution is -0.384. The monoisotopic (exact) mass is 420 g/mol. The van der Waals surface area contributed by atoms with Crippen molar-refractivity contribution in [1.29, 1.82) is 0 Å². The van der Waals surface area contributed by atoms with Crippen LogP contribution in [0.1, 0.15) is 41.6 Å². The fraction of sp³-hybridized carbons (Fsp3) is 0.348. The second kappa shape index (κ2) is 8.77. The second-order valence-electron chi connectivity index (χ2n) is 7.73. The van der Waals surface area contributed by atoms with E-state index in [1.54, 1.807) is 36.5 Å². The van der Waals surface area contributed by atoms with Crippen molar-refractivity contribution < 1.29 is 14.5 Å². The third kappa shape index (κ3) is 3.86. The van der Waals surface area contributed by atoms with Crippen molar-refractivity contribution in [3.05, 3.63) is 69.8 Å². The summed E-state index contributed by atoms with van der Waals surface area (Å²) in [6.07, 6.45) is 3.81. The van der Waals surface area contributed by atoms with Crippen molar-refractivity contribution >= 4 is 29.4 Å². The van der Waals surface area contributed by atoms with Crippen LogP contribution in [0.4, 0.5) is 11.4 Å². The zero-order chi connectivity index (χ0) is 22.0. The Morgan fingerprint density at radius 3 is 2.68 bits per heavy atom. The Kier molecular flexibility index (Phi) is 5.90. The number of fused-ring (bicyclic) bond motifs is 1. The number of carbonyl (C=O) groups is 2. The molecule has 2 heterocycles. The molecule has 2 amide bonds. The maximum atomic E-state index is 13.4. The number of para-hydroxylation sites is 2. The number of anilines is 1. The summed E-state index contributed by atoms with van der Waals surface area (Å²) in [5.41, 5.74) is 0.620. The molecule has 1 fully saturated rings. The minimum atomic E-state index is -0.773. The topological polar surface area (TPSA) is 96.1 Å². The van der Waals surface area contributed by atoms with Crippen LogP contribution < -0.4 is 4.90 Å². The largest absolute Gasteiger partial charge is 0.299 e. The van der Waals surface area contributed by atoms with Crippen molar-refractivity contribution in [2.45, 2.75) is 31.7 Å². The smallest absolute Gasteiger partial charge is 0.293 e. The highest BCUT2D eigenvalue weighted by atomic mass is 16.6. The van der Waals surface area contributed by atoms with Crippen LogP contribution in [0.5, 0.6) is 0 Å². The molecule has 0 bridgehead atoms. The van der Waals surface area contributed by atoms with Gasteiger partial charge in [-0.2, -0.15) is 0 Å². The molecule has 31 heavy (non-hydrogen) atoms. The van der Waals surface area contributed by atoms with Gasteiger partial charge in [0.05, 0.1) is 17.4 Å². The van der Waals surface area contributed by atoms with E-state index in [-0.39, 0.29) is 11.4 Å². The average Bonchev–Trinajstić information content (AvgIpc) is 3.24. The minimum Gasteiger partial charge on any atom is -0.299 e. The third-order valence-electron chi connectivity index (χ3n) is 6.01. The van der Waals surface area contributed by atoms with Crippen molar-refractivity contribution in [2.75, 3.05) is 24.5 Å². The van der Waals surface area contributed by atoms with Gasteiger partial charge in [0.25, 0.3) is 11.6 Å². The summed E-state index contributed by atoms with van der Waals surface area (Å²) in [7, 11) is 0. The SMILES string of the molecule is CCN1CCC[C@@H]1CN=CC1C(=O)N(c2ccccc2[N+](=O)[O-])C(=O)c2ccccc21. The number of nitro groups is 1. The quantitative estimate of drug-likeness (QED) is 0.309. The lowest BCUT2D eigenvalue weighted by Gasteiger charge is -2.30. The number of amides is 2. The van der Waals surface area contributed by atoms with Gasteiger partial charge in [0, 0.05) is 23.9 Å². The van der Waals surface area contributed by atoms with Gasteiger partial charge < -0.3 is 0 Å². The van der Waals surface area contributed by atoms with E-state index in [2.05, 4.69) is 16.8 Å². The molecule has 0 aliphatic carbocycles. The van der Waals surface area contributed by atoms with Crippen molar-refractivity contribution in [3.8, 4) is 0 Å². The number of rotatable bonds is 6. The molecule has 0 saturated carbocycles. The number of hydrogen-bond donors (Lipinski definition) is 0. The van der Waals surface area contributed by atoms with E-state index in [1.807, 2.05) is 0 Å². The highest BCUT2D eigenvalue weighted by molar-refractivity contribution is 6.29. The van der Waals surface area contributed by atoms with E-state index in [9.17, 15) is 19.7 Å². The summed E-state index contributed by atoms with van der Waals surface area (Å²) in [6, 6.07) is 13.0. The number of hydrogen-bond acceptors (Lipinski definition) is 6. The Balaban J connectivity index is 1.70. The summed E-state index contributed by atoms with van der Waals surface area (Å²) >= 11 is 0. The minimum absolute atomic E-state index is 0.0247. The highest BCUT2D eigenvalue weighted by Gasteiger charge is 2.41. The summed E-state index contributed by atoms with van der Waals surface area (Å²) in [5.74, 6) is -1.86. The molecule has 0 spiro atoms. The molecule has 2 aromatic carbocycles. The normalized spacial score (nSPS) is 21.6. The summed E-state index contributed by atoms with van der Waals surface area (Å²) in [4.78, 5) is 45.3. The van der Waals surface area contributed by atoms with Gasteiger partial charge in [-0.05, 0) is 43.6 Å². The molecule has 4 rings (SSSR count). The molecule has 8 heteroatoms. The summed E-state index contributed by atoms with van der Waals surface area (Å²) in [6.45, 7) is 4.73. The Hall–Kier alpha value is -3.39. The first-order chi connectivity index (χ1) is 15.0. The zero-order valence-electron chi connectivity index (χ0n) is 17.3. The number of likely N-dealkylation sites (N-methyl/N-ethyl adjacent to an activating group) is 1. The van der Waals surface area contributed by atoms with Gasteiger partial charge in [0.1, 0.15) is 5.69 Å². The van der Waals surface area contributed by atoms with Crippen molar-refractivity contribution in [2.24, 2.45) is 4.99 Å². The van der Waals surface area contributed by atoms with Crippen LogP contribution in [-0.2, 0) is 4.79 Å². The van der Waals surface area contributed by atoms with E-state index < -0.39 is 22.7 Å². The van der Waals surface area contributed by atoms with Crippen molar-refractivity contribution in [3.63, 3.8) is 0 Å². The van der Waals surface area contributed by atoms with E-state index >= 15 is 0 Å². The molecule has 8 nitrogen and oxygen atoms in total. The van der Waals surface area contributed by atoms with Gasteiger partial charge in [-0.3, -0.25) is 29.6 Å². The molecule has 2 aliphatic rings. The maximum Gasteiger partial charge on any atom is 0.293 e. The standard InChI is InChI=1S/C23H24N4O4/c1-2-25-13-7-8-16(25)14-24-15-19-17-9-3-4-10-18(17)22(28)26(23(19)29)20-11-5-6-12-21(20)27(30)31/h3-6,9-12,15-16,19H,2,7-8,13-14H2,1H3/t16-,19?/m1/s1. The van der Waals surface area contributed by atoms with Crippen molar-refractivity contribution in [1.82, 2.24) is 4.90 Å². The summed E-state index contributed by atoms with van der Waals surface area (Å²) in [5, 5.41) is 11.5. The number of nitrogens with zero attached hydrogens (tertiary/aromatic N) is 4. The average molecular weight is 420 g/mol. The van der Waals surface area contributed by atoms with E-state index in [1.165, 1.54) is 18.2 Å². The molecule has 2 atom stereocenters. The number of carbonyl (C=O) groups excluding carboxylic acids is 2. The van der Waals surface area contributed by atoms with Crippen LogP contribution in [0.3, 0.4) is 0 Å². The molecule has 2 aliphatic heterocycles. The third-order valence-corrected chi connectivity index (χ3v) is 6.01. The predicted molar refractivity (Wildman–Crippen MR) is 118 cm³/mol. The van der Waals surface area contributed by atoms with Crippen LogP contribution in [-0.4, -0.2) is 53.5 Å². The number of benzene rings is 2. The number of imide groups is 1. The summed E-state index contributed by atoms with van der Waals surface area (Å²) < 4.78 is 0. The first-order valence-electron chi connectivity index (χ1n) is 10.5. The number of likely N-dealkylation sites (tertiary alicyclic amines) is 1. The van der Waals surface area contributed by atoms with Crippen LogP contribution in [0.15, 0.2) is 53.5 Å². The molecule has 1 unspecified atom stereocenters. The molecular formula is C23H24N4O4. The Morgan fingerprint density at radius 1 is 1.16 bits per heavy atom. The second-order valence-corrected chi connectivity index (χ2v) is 7.73. The molecule has 0 radical (unpaired) electrons. The molecule has 2 aromatic rings. The van der Waals surface area contributed by atoms with Crippen LogP contribution >= 0.6 is 0 Å². The van der Waals surface area contributed by atoms with Gasteiger partial charge in [-0.25, -0.2) is 4.90 Å². The fourth-order valence-electron chi connectivity index (χ4n) is 4.44. The van der Waals surface area contributed by atoms with E-state index in [4.69, 9.17) is 0 Å². The van der Waals surface area contributed by atoms with Crippen LogP contribution in [0.2, 0.25) is 0 Å². The molecule has 160 valence electrons. The van der Waals surface area contributed by atoms with Crippen LogP contribution in [0.25, 0.3) is 0 Å². The number of nitro benzene ring substituents is 1. The van der Waals surface area contributed by atoms with Crippen LogP contribution in [0, 0.1) is 10.1 Å². The number of aliphatic imine (C=N–C) groups is 1. The molecular weight excluding hydrogens is 396 g/mol. The lowest BCUT2D eigenvalue weighted by atomic mass is 9.88. The maximum absolute atomic E-state index is 13.4.